The van der Waals surface area contributed by atoms with Crippen molar-refractivity contribution in [2.75, 3.05) is 0 Å². The molecule has 1 aromatic carbocycles. The number of thiol groups is 1. The van der Waals surface area contributed by atoms with Crippen molar-refractivity contribution < 1.29 is 23.8 Å². The van der Waals surface area contributed by atoms with Gasteiger partial charge in [-0.15, -0.1) is 0 Å². The maximum atomic E-state index is 12.6. The van der Waals surface area contributed by atoms with Gasteiger partial charge in [0.15, 0.2) is 0 Å². The molecule has 1 saturated heterocycles. The molecular weight excluding hydrogens is 434 g/mol. The second-order valence-corrected chi connectivity index (χ2v) is 8.09. The number of β-lactam (4-membered cyclic amide) rings is 1. The van der Waals surface area contributed by atoms with E-state index < -0.39 is 22.9 Å². The van der Waals surface area contributed by atoms with E-state index in [1.54, 1.807) is 31.5 Å². The lowest BCUT2D eigenvalue weighted by Crippen LogP contribution is -2.61. The smallest absolute Gasteiger partial charge is 0.367 e. The summed E-state index contributed by atoms with van der Waals surface area (Å²) in [6, 6.07) is 7.90. The standard InChI is InChI=1S/C22H21N3O6S/c1-12(26)19-18-10-16(20(22(28)31-32)24(18)21(19)27)17-11-23-9-8-14(17)5-2-13-3-6-15(7-4-13)25(29)30/h3-4,6-9,11-12,18-19,26,32H,2,5,10H2,1H3/t12-,18?,19+/m1/s1. The number of aromatic nitrogens is 1. The Morgan fingerprint density at radius 3 is 2.69 bits per heavy atom. The van der Waals surface area contributed by atoms with Gasteiger partial charge in [0.1, 0.15) is 5.70 Å². The molecule has 10 heteroatoms. The monoisotopic (exact) mass is 455 g/mol. The Morgan fingerprint density at radius 2 is 2.06 bits per heavy atom. The fraction of sp³-hybridized carbons (Fsp3) is 0.318. The Morgan fingerprint density at radius 1 is 1.34 bits per heavy atom. The molecule has 2 aromatic rings. The molecule has 4 rings (SSSR count). The molecule has 2 aliphatic heterocycles. The molecule has 3 atom stereocenters. The molecule has 0 radical (unpaired) electrons. The highest BCUT2D eigenvalue weighted by Crippen LogP contribution is 2.47. The minimum atomic E-state index is -0.827. The normalized spacial score (nSPS) is 20.6. The summed E-state index contributed by atoms with van der Waals surface area (Å²) in [4.78, 5) is 41.1. The van der Waals surface area contributed by atoms with E-state index in [1.807, 2.05) is 6.07 Å². The molecule has 0 spiro atoms. The molecule has 2 aliphatic rings. The van der Waals surface area contributed by atoms with Gasteiger partial charge in [-0.25, -0.2) is 4.79 Å². The lowest BCUT2D eigenvalue weighted by atomic mass is 9.82. The lowest BCUT2D eigenvalue weighted by Gasteiger charge is -2.44. The Balaban J connectivity index is 1.63. The first-order valence-electron chi connectivity index (χ1n) is 10.1. The number of nitro benzene ring substituents is 1. The van der Waals surface area contributed by atoms with Crippen molar-refractivity contribution >= 4 is 36.0 Å². The van der Waals surface area contributed by atoms with Gasteiger partial charge in [0.25, 0.3) is 5.69 Å². The summed E-state index contributed by atoms with van der Waals surface area (Å²) in [5.41, 5.74) is 3.39. The number of rotatable bonds is 7. The van der Waals surface area contributed by atoms with Gasteiger partial charge in [0, 0.05) is 43.0 Å². The number of hydrogen-bond donors (Lipinski definition) is 2. The maximum absolute atomic E-state index is 12.6. The first-order valence-corrected chi connectivity index (χ1v) is 10.5. The fourth-order valence-electron chi connectivity index (χ4n) is 4.52. The van der Waals surface area contributed by atoms with E-state index in [0.717, 1.165) is 16.7 Å². The largest absolute Gasteiger partial charge is 0.393 e. The molecule has 0 aliphatic carbocycles. The van der Waals surface area contributed by atoms with Crippen molar-refractivity contribution in [1.82, 2.24) is 9.88 Å². The fourth-order valence-corrected chi connectivity index (χ4v) is 4.61. The number of nitro groups is 1. The predicted octanol–water partition coefficient (Wildman–Crippen LogP) is 2.49. The van der Waals surface area contributed by atoms with E-state index >= 15 is 0 Å². The van der Waals surface area contributed by atoms with Crippen LogP contribution in [0.1, 0.15) is 30.0 Å². The van der Waals surface area contributed by atoms with E-state index in [9.17, 15) is 24.8 Å². The summed E-state index contributed by atoms with van der Waals surface area (Å²) >= 11 is 3.63. The van der Waals surface area contributed by atoms with Crippen LogP contribution >= 0.6 is 12.9 Å². The van der Waals surface area contributed by atoms with E-state index in [-0.39, 0.29) is 23.3 Å². The topological polar surface area (TPSA) is 123 Å². The van der Waals surface area contributed by atoms with Gasteiger partial charge in [0.05, 0.1) is 23.0 Å². The highest BCUT2D eigenvalue weighted by atomic mass is 32.1. The highest BCUT2D eigenvalue weighted by Gasteiger charge is 2.57. The number of pyridine rings is 1. The van der Waals surface area contributed by atoms with Crippen molar-refractivity contribution in [1.29, 1.82) is 0 Å². The zero-order valence-electron chi connectivity index (χ0n) is 17.2. The first kappa shape index (κ1) is 22.0. The molecule has 9 nitrogen and oxygen atoms in total. The van der Waals surface area contributed by atoms with Gasteiger partial charge in [-0.2, -0.15) is 0 Å². The van der Waals surface area contributed by atoms with Crippen LogP contribution in [0.2, 0.25) is 0 Å². The third kappa shape index (κ3) is 3.76. The second-order valence-electron chi connectivity index (χ2n) is 7.91. The van der Waals surface area contributed by atoms with Gasteiger partial charge < -0.3 is 14.2 Å². The van der Waals surface area contributed by atoms with Gasteiger partial charge in [-0.05, 0) is 49.0 Å². The zero-order chi connectivity index (χ0) is 23.0. The minimum absolute atomic E-state index is 0.0335. The maximum Gasteiger partial charge on any atom is 0.367 e. The van der Waals surface area contributed by atoms with Crippen molar-refractivity contribution in [3.05, 3.63) is 75.2 Å². The second kappa shape index (κ2) is 8.71. The summed E-state index contributed by atoms with van der Waals surface area (Å²) in [5, 5.41) is 20.8. The van der Waals surface area contributed by atoms with Gasteiger partial charge in [-0.3, -0.25) is 19.9 Å². The first-order chi connectivity index (χ1) is 15.3. The van der Waals surface area contributed by atoms with Crippen LogP contribution in [0.15, 0.2) is 48.4 Å². The molecule has 1 N–H and O–H groups in total. The lowest BCUT2D eigenvalue weighted by molar-refractivity contribution is -0.384. The number of aliphatic hydroxyl groups is 1. The SMILES string of the molecule is C[C@@H](O)[C@@H]1C(=O)N2C(C(=O)OS)=C(c3cnccc3CCc3ccc([N+](=O)[O-])cc3)CC12. The van der Waals surface area contributed by atoms with Crippen LogP contribution in [0.3, 0.4) is 0 Å². The molecule has 1 unspecified atom stereocenters. The molecule has 32 heavy (non-hydrogen) atoms. The van der Waals surface area contributed by atoms with E-state index in [2.05, 4.69) is 22.1 Å². The summed E-state index contributed by atoms with van der Waals surface area (Å²) in [7, 11) is 0. The van der Waals surface area contributed by atoms with E-state index in [1.165, 1.54) is 17.0 Å². The molecule has 1 aromatic heterocycles. The number of aryl methyl sites for hydroxylation is 2. The third-order valence-electron chi connectivity index (χ3n) is 6.07. The summed E-state index contributed by atoms with van der Waals surface area (Å²) < 4.78 is 4.65. The molecule has 0 saturated carbocycles. The van der Waals surface area contributed by atoms with Gasteiger partial charge in [0.2, 0.25) is 5.91 Å². The quantitative estimate of drug-likeness (QED) is 0.216. The van der Waals surface area contributed by atoms with E-state index in [0.29, 0.717) is 24.8 Å². The van der Waals surface area contributed by atoms with Crippen molar-refractivity contribution in [3.63, 3.8) is 0 Å². The molecule has 166 valence electrons. The number of aliphatic hydroxyl groups excluding tert-OH is 1. The molecule has 1 fully saturated rings. The van der Waals surface area contributed by atoms with Gasteiger partial charge in [-0.1, -0.05) is 12.1 Å². The average molecular weight is 455 g/mol. The Hall–Kier alpha value is -3.24. The van der Waals surface area contributed by atoms with Gasteiger partial charge >= 0.3 is 5.97 Å². The van der Waals surface area contributed by atoms with Crippen LogP contribution in [-0.4, -0.2) is 43.9 Å². The zero-order valence-corrected chi connectivity index (χ0v) is 18.1. The Kier molecular flexibility index (Phi) is 5.98. The number of fused-ring (bicyclic) bond motifs is 1. The summed E-state index contributed by atoms with van der Waals surface area (Å²) in [6.07, 6.45) is 4.10. The number of carbonyl (C=O) groups excluding carboxylic acids is 2. The molecule has 1 amide bonds. The predicted molar refractivity (Wildman–Crippen MR) is 117 cm³/mol. The van der Waals surface area contributed by atoms with Crippen LogP contribution in [0.5, 0.6) is 0 Å². The van der Waals surface area contributed by atoms with Crippen molar-refractivity contribution in [2.24, 2.45) is 5.92 Å². The van der Waals surface area contributed by atoms with Crippen molar-refractivity contribution in [3.8, 4) is 0 Å². The molecule has 3 heterocycles. The summed E-state index contributed by atoms with van der Waals surface area (Å²) in [6.45, 7) is 1.56. The van der Waals surface area contributed by atoms with Crippen LogP contribution in [0.25, 0.3) is 5.57 Å². The number of benzene rings is 1. The molecule has 0 bridgehead atoms. The summed E-state index contributed by atoms with van der Waals surface area (Å²) in [5.74, 6) is -1.62. The number of amides is 1. The average Bonchev–Trinajstić information content (AvgIpc) is 3.12. The third-order valence-corrected chi connectivity index (χ3v) is 6.24. The van der Waals surface area contributed by atoms with Crippen LogP contribution in [-0.2, 0) is 26.6 Å². The van der Waals surface area contributed by atoms with Crippen LogP contribution < -0.4 is 0 Å². The number of non-ortho nitro benzene ring substituents is 1. The highest BCUT2D eigenvalue weighted by molar-refractivity contribution is 7.75. The van der Waals surface area contributed by atoms with Crippen molar-refractivity contribution in [2.45, 2.75) is 38.3 Å². The van der Waals surface area contributed by atoms with Crippen LogP contribution in [0, 0.1) is 16.0 Å². The molecular formula is C22H21N3O6S. The minimum Gasteiger partial charge on any atom is -0.393 e. The van der Waals surface area contributed by atoms with E-state index in [4.69, 9.17) is 0 Å². The number of carbonyl (C=O) groups is 2. The Labute approximate surface area is 189 Å². The Bertz CT molecular complexity index is 1110. The number of hydrogen-bond acceptors (Lipinski definition) is 8. The van der Waals surface area contributed by atoms with Crippen LogP contribution in [0.4, 0.5) is 5.69 Å². The number of nitrogens with zero attached hydrogens (tertiary/aromatic N) is 3.